The SMILES string of the molecule is CCN(CC)CCOC(=O)C(Oc1ccccc1)Oc1ccccc1. The zero-order chi connectivity index (χ0) is 17.9. The summed E-state index contributed by atoms with van der Waals surface area (Å²) in [5, 5.41) is 0. The number of para-hydroxylation sites is 2. The zero-order valence-electron chi connectivity index (χ0n) is 14.8. The van der Waals surface area contributed by atoms with E-state index >= 15 is 0 Å². The molecule has 134 valence electrons. The van der Waals surface area contributed by atoms with E-state index in [0.717, 1.165) is 13.1 Å². The molecular formula is C20H25NO4. The number of hydrogen-bond acceptors (Lipinski definition) is 5. The van der Waals surface area contributed by atoms with Crippen molar-refractivity contribution in [1.29, 1.82) is 0 Å². The number of rotatable bonds is 10. The number of hydrogen-bond donors (Lipinski definition) is 0. The lowest BCUT2D eigenvalue weighted by atomic mass is 10.3. The standard InChI is InChI=1S/C20H25NO4/c1-3-21(4-2)15-16-23-19(22)20(24-17-11-7-5-8-12-17)25-18-13-9-6-10-14-18/h5-14,20H,3-4,15-16H2,1-2H3. The number of likely N-dealkylation sites (N-methyl/N-ethyl adjacent to an activating group) is 1. The smallest absolute Gasteiger partial charge is 0.389 e. The Balaban J connectivity index is 1.98. The van der Waals surface area contributed by atoms with Crippen LogP contribution in [0, 0.1) is 0 Å². The molecule has 0 aliphatic rings. The molecule has 0 radical (unpaired) electrons. The highest BCUT2D eigenvalue weighted by molar-refractivity contribution is 5.74. The highest BCUT2D eigenvalue weighted by atomic mass is 16.7. The van der Waals surface area contributed by atoms with Crippen LogP contribution in [-0.2, 0) is 9.53 Å². The Morgan fingerprint density at radius 3 is 1.80 bits per heavy atom. The van der Waals surface area contributed by atoms with Crippen LogP contribution in [0.25, 0.3) is 0 Å². The molecule has 0 N–H and O–H groups in total. The fourth-order valence-corrected chi connectivity index (χ4v) is 2.25. The molecule has 0 bridgehead atoms. The lowest BCUT2D eigenvalue weighted by Gasteiger charge is -2.21. The maximum atomic E-state index is 12.4. The van der Waals surface area contributed by atoms with Crippen LogP contribution in [0.5, 0.6) is 11.5 Å². The maximum absolute atomic E-state index is 12.4. The molecule has 0 aliphatic heterocycles. The van der Waals surface area contributed by atoms with Crippen LogP contribution < -0.4 is 9.47 Å². The van der Waals surface area contributed by atoms with E-state index in [1.165, 1.54) is 0 Å². The second-order valence-corrected chi connectivity index (χ2v) is 5.39. The molecule has 0 atom stereocenters. The third-order valence-electron chi connectivity index (χ3n) is 3.71. The molecule has 2 aromatic carbocycles. The molecule has 0 aliphatic carbocycles. The Hall–Kier alpha value is -2.53. The zero-order valence-corrected chi connectivity index (χ0v) is 14.8. The van der Waals surface area contributed by atoms with E-state index in [2.05, 4.69) is 18.7 Å². The average molecular weight is 343 g/mol. The van der Waals surface area contributed by atoms with Crippen LogP contribution in [0.3, 0.4) is 0 Å². The van der Waals surface area contributed by atoms with Gasteiger partial charge in [0.1, 0.15) is 18.1 Å². The largest absolute Gasteiger partial charge is 0.459 e. The summed E-state index contributed by atoms with van der Waals surface area (Å²) in [4.78, 5) is 14.6. The molecule has 0 saturated heterocycles. The van der Waals surface area contributed by atoms with Gasteiger partial charge >= 0.3 is 12.3 Å². The van der Waals surface area contributed by atoms with E-state index < -0.39 is 12.3 Å². The summed E-state index contributed by atoms with van der Waals surface area (Å²) in [6.45, 7) is 6.96. The van der Waals surface area contributed by atoms with Crippen LogP contribution in [0.1, 0.15) is 13.8 Å². The molecular weight excluding hydrogens is 318 g/mol. The second kappa shape index (κ2) is 10.4. The second-order valence-electron chi connectivity index (χ2n) is 5.39. The van der Waals surface area contributed by atoms with Crippen molar-refractivity contribution in [2.45, 2.75) is 20.1 Å². The third kappa shape index (κ3) is 6.47. The first kappa shape index (κ1) is 18.8. The first-order valence-electron chi connectivity index (χ1n) is 8.55. The number of nitrogens with zero attached hydrogens (tertiary/aromatic N) is 1. The number of carbonyl (C=O) groups excluding carboxylic acids is 1. The minimum Gasteiger partial charge on any atom is -0.459 e. The summed E-state index contributed by atoms with van der Waals surface area (Å²) < 4.78 is 16.7. The Labute approximate surface area is 149 Å². The van der Waals surface area contributed by atoms with Crippen molar-refractivity contribution >= 4 is 5.97 Å². The first-order valence-corrected chi connectivity index (χ1v) is 8.55. The highest BCUT2D eigenvalue weighted by Crippen LogP contribution is 2.16. The van der Waals surface area contributed by atoms with Crippen molar-refractivity contribution in [1.82, 2.24) is 4.90 Å². The minimum atomic E-state index is -1.15. The molecule has 2 rings (SSSR count). The molecule has 0 amide bonds. The van der Waals surface area contributed by atoms with E-state index in [4.69, 9.17) is 14.2 Å². The van der Waals surface area contributed by atoms with E-state index in [-0.39, 0.29) is 0 Å². The van der Waals surface area contributed by atoms with Gasteiger partial charge in [0.25, 0.3) is 0 Å². The molecule has 2 aromatic rings. The fraction of sp³-hybridized carbons (Fsp3) is 0.350. The lowest BCUT2D eigenvalue weighted by Crippen LogP contribution is -2.37. The van der Waals surface area contributed by atoms with E-state index in [1.54, 1.807) is 24.3 Å². The summed E-state index contributed by atoms with van der Waals surface area (Å²) >= 11 is 0. The van der Waals surface area contributed by atoms with Gasteiger partial charge in [-0.2, -0.15) is 0 Å². The molecule has 0 fully saturated rings. The molecule has 0 aromatic heterocycles. The van der Waals surface area contributed by atoms with Gasteiger partial charge in [-0.3, -0.25) is 0 Å². The number of ether oxygens (including phenoxy) is 3. The van der Waals surface area contributed by atoms with Gasteiger partial charge in [0.2, 0.25) is 0 Å². The number of benzene rings is 2. The van der Waals surface area contributed by atoms with E-state index in [0.29, 0.717) is 24.7 Å². The van der Waals surface area contributed by atoms with Crippen LogP contribution in [-0.4, -0.2) is 43.4 Å². The van der Waals surface area contributed by atoms with Crippen molar-refractivity contribution < 1.29 is 19.0 Å². The summed E-state index contributed by atoms with van der Waals surface area (Å²) in [6, 6.07) is 18.2. The van der Waals surface area contributed by atoms with Crippen molar-refractivity contribution in [2.24, 2.45) is 0 Å². The van der Waals surface area contributed by atoms with Crippen molar-refractivity contribution in [3.05, 3.63) is 60.7 Å². The van der Waals surface area contributed by atoms with Crippen molar-refractivity contribution in [3.63, 3.8) is 0 Å². The molecule has 25 heavy (non-hydrogen) atoms. The van der Waals surface area contributed by atoms with Gasteiger partial charge in [-0.1, -0.05) is 50.2 Å². The van der Waals surface area contributed by atoms with E-state index in [9.17, 15) is 4.79 Å². The molecule has 5 nitrogen and oxygen atoms in total. The van der Waals surface area contributed by atoms with Crippen molar-refractivity contribution in [3.8, 4) is 11.5 Å². The quantitative estimate of drug-likeness (QED) is 0.489. The Bertz CT molecular complexity index is 573. The van der Waals surface area contributed by atoms with Crippen LogP contribution in [0.2, 0.25) is 0 Å². The summed E-state index contributed by atoms with van der Waals surface area (Å²) in [5.74, 6) is 0.549. The van der Waals surface area contributed by atoms with Gasteiger partial charge in [0.15, 0.2) is 0 Å². The molecule has 0 unspecified atom stereocenters. The van der Waals surface area contributed by atoms with Gasteiger partial charge in [-0.25, -0.2) is 4.79 Å². The van der Waals surface area contributed by atoms with E-state index in [1.807, 2.05) is 36.4 Å². The molecule has 0 saturated carbocycles. The summed E-state index contributed by atoms with van der Waals surface area (Å²) in [5.41, 5.74) is 0. The van der Waals surface area contributed by atoms with Gasteiger partial charge < -0.3 is 19.1 Å². The van der Waals surface area contributed by atoms with Crippen molar-refractivity contribution in [2.75, 3.05) is 26.2 Å². The predicted molar refractivity (Wildman–Crippen MR) is 96.7 cm³/mol. The topological polar surface area (TPSA) is 48.0 Å². The monoisotopic (exact) mass is 343 g/mol. The van der Waals surface area contributed by atoms with Crippen LogP contribution >= 0.6 is 0 Å². The number of carbonyl (C=O) groups is 1. The molecule has 0 heterocycles. The Morgan fingerprint density at radius 1 is 0.880 bits per heavy atom. The predicted octanol–water partition coefficient (Wildman–Crippen LogP) is 3.36. The number of esters is 1. The highest BCUT2D eigenvalue weighted by Gasteiger charge is 2.24. The van der Waals surface area contributed by atoms with Gasteiger partial charge in [0.05, 0.1) is 0 Å². The van der Waals surface area contributed by atoms with Gasteiger partial charge in [0, 0.05) is 6.54 Å². The summed E-state index contributed by atoms with van der Waals surface area (Å²) in [7, 11) is 0. The third-order valence-corrected chi connectivity index (χ3v) is 3.71. The fourth-order valence-electron chi connectivity index (χ4n) is 2.25. The minimum absolute atomic E-state index is 0.299. The van der Waals surface area contributed by atoms with Gasteiger partial charge in [-0.05, 0) is 37.4 Å². The molecule has 5 heteroatoms. The van der Waals surface area contributed by atoms with Crippen LogP contribution in [0.4, 0.5) is 0 Å². The molecule has 0 spiro atoms. The van der Waals surface area contributed by atoms with Crippen LogP contribution in [0.15, 0.2) is 60.7 Å². The average Bonchev–Trinajstić information content (AvgIpc) is 2.66. The summed E-state index contributed by atoms with van der Waals surface area (Å²) in [6.07, 6.45) is -1.15. The maximum Gasteiger partial charge on any atom is 0.389 e. The Morgan fingerprint density at radius 2 is 1.36 bits per heavy atom. The Kier molecular flexibility index (Phi) is 7.79. The lowest BCUT2D eigenvalue weighted by molar-refractivity contribution is -0.166. The van der Waals surface area contributed by atoms with Gasteiger partial charge in [-0.15, -0.1) is 0 Å². The normalized spacial score (nSPS) is 10.7. The first-order chi connectivity index (χ1) is 12.2.